The Balaban J connectivity index is 2.19. The molecule has 17 heavy (non-hydrogen) atoms. The summed E-state index contributed by atoms with van der Waals surface area (Å²) < 4.78 is 5.25. The Hall–Kier alpha value is -1.69. The number of aryl methyl sites for hydroxylation is 1. The molecule has 6 nitrogen and oxygen atoms in total. The van der Waals surface area contributed by atoms with Gasteiger partial charge < -0.3 is 15.2 Å². The fourth-order valence-corrected chi connectivity index (χ4v) is 1.80. The molecule has 2 unspecified atom stereocenters. The zero-order valence-electron chi connectivity index (χ0n) is 9.80. The van der Waals surface area contributed by atoms with Crippen molar-refractivity contribution in [1.29, 1.82) is 0 Å². The van der Waals surface area contributed by atoms with Gasteiger partial charge in [0.1, 0.15) is 11.2 Å². The highest BCUT2D eigenvalue weighted by Gasteiger charge is 2.46. The SMILES string of the molecule is Cc1nccnc1NC1COCC1(C)C(=O)O. The quantitative estimate of drug-likeness (QED) is 0.804. The molecule has 1 fully saturated rings. The summed E-state index contributed by atoms with van der Waals surface area (Å²) in [4.78, 5) is 19.5. The number of hydrogen-bond donors (Lipinski definition) is 2. The Morgan fingerprint density at radius 2 is 2.29 bits per heavy atom. The predicted octanol–water partition coefficient (Wildman–Crippen LogP) is 0.687. The molecule has 0 aromatic carbocycles. The number of aliphatic carboxylic acids is 1. The molecule has 1 aromatic rings. The normalized spacial score (nSPS) is 28.0. The highest BCUT2D eigenvalue weighted by molar-refractivity contribution is 5.76. The van der Waals surface area contributed by atoms with Gasteiger partial charge in [0.25, 0.3) is 0 Å². The molecule has 0 aliphatic carbocycles. The van der Waals surface area contributed by atoms with Crippen LogP contribution in [0.15, 0.2) is 12.4 Å². The second kappa shape index (κ2) is 4.29. The summed E-state index contributed by atoms with van der Waals surface area (Å²) >= 11 is 0. The molecule has 2 heterocycles. The number of nitrogens with zero attached hydrogens (tertiary/aromatic N) is 2. The third kappa shape index (κ3) is 2.08. The molecule has 0 radical (unpaired) electrons. The largest absolute Gasteiger partial charge is 0.481 e. The van der Waals surface area contributed by atoms with E-state index in [1.165, 1.54) is 0 Å². The summed E-state index contributed by atoms with van der Waals surface area (Å²) in [5.41, 5.74) is -0.184. The van der Waals surface area contributed by atoms with E-state index in [1.54, 1.807) is 19.3 Å². The van der Waals surface area contributed by atoms with Crippen molar-refractivity contribution in [2.45, 2.75) is 19.9 Å². The number of hydrogen-bond acceptors (Lipinski definition) is 5. The van der Waals surface area contributed by atoms with Gasteiger partial charge >= 0.3 is 5.97 Å². The molecule has 6 heteroatoms. The first-order valence-corrected chi connectivity index (χ1v) is 5.39. The van der Waals surface area contributed by atoms with E-state index in [1.807, 2.05) is 6.92 Å². The van der Waals surface area contributed by atoms with Crippen LogP contribution in [0.5, 0.6) is 0 Å². The molecule has 1 aromatic heterocycles. The van der Waals surface area contributed by atoms with Gasteiger partial charge in [0.05, 0.1) is 24.9 Å². The molecule has 2 atom stereocenters. The third-order valence-electron chi connectivity index (χ3n) is 3.14. The second-order valence-electron chi connectivity index (χ2n) is 4.43. The van der Waals surface area contributed by atoms with Crippen LogP contribution in [0, 0.1) is 12.3 Å². The zero-order chi connectivity index (χ0) is 12.5. The number of carboxylic acids is 1. The molecule has 2 N–H and O–H groups in total. The van der Waals surface area contributed by atoms with Gasteiger partial charge in [-0.2, -0.15) is 0 Å². The molecule has 1 aliphatic heterocycles. The van der Waals surface area contributed by atoms with Crippen molar-refractivity contribution in [3.8, 4) is 0 Å². The first kappa shape index (κ1) is 11.8. The van der Waals surface area contributed by atoms with Gasteiger partial charge in [0.2, 0.25) is 0 Å². The molecule has 1 aliphatic rings. The first-order valence-electron chi connectivity index (χ1n) is 5.39. The van der Waals surface area contributed by atoms with Crippen LogP contribution in [0.2, 0.25) is 0 Å². The molecular weight excluding hydrogens is 222 g/mol. The van der Waals surface area contributed by atoms with E-state index in [0.29, 0.717) is 12.4 Å². The van der Waals surface area contributed by atoms with Crippen molar-refractivity contribution in [2.75, 3.05) is 18.5 Å². The smallest absolute Gasteiger partial charge is 0.313 e. The highest BCUT2D eigenvalue weighted by atomic mass is 16.5. The van der Waals surface area contributed by atoms with Crippen LogP contribution in [-0.2, 0) is 9.53 Å². The number of carboxylic acid groups (broad SMARTS) is 1. The predicted molar refractivity (Wildman–Crippen MR) is 60.7 cm³/mol. The first-order chi connectivity index (χ1) is 8.04. The minimum absolute atomic E-state index is 0.208. The maximum absolute atomic E-state index is 11.3. The lowest BCUT2D eigenvalue weighted by atomic mass is 9.85. The van der Waals surface area contributed by atoms with Crippen molar-refractivity contribution >= 4 is 11.8 Å². The lowest BCUT2D eigenvalue weighted by Crippen LogP contribution is -2.43. The van der Waals surface area contributed by atoms with Gasteiger partial charge in [-0.05, 0) is 13.8 Å². The minimum atomic E-state index is -0.927. The molecule has 2 rings (SSSR count). The fraction of sp³-hybridized carbons (Fsp3) is 0.545. The van der Waals surface area contributed by atoms with Gasteiger partial charge in [0, 0.05) is 12.4 Å². The minimum Gasteiger partial charge on any atom is -0.481 e. The van der Waals surface area contributed by atoms with Gasteiger partial charge in [-0.1, -0.05) is 0 Å². The van der Waals surface area contributed by atoms with Crippen LogP contribution in [0.25, 0.3) is 0 Å². The second-order valence-corrected chi connectivity index (χ2v) is 4.43. The topological polar surface area (TPSA) is 84.3 Å². The summed E-state index contributed by atoms with van der Waals surface area (Å²) in [6.45, 7) is 4.06. The van der Waals surface area contributed by atoms with Crippen molar-refractivity contribution < 1.29 is 14.6 Å². The average Bonchev–Trinajstić information content (AvgIpc) is 2.65. The fourth-order valence-electron chi connectivity index (χ4n) is 1.80. The van der Waals surface area contributed by atoms with E-state index in [9.17, 15) is 9.90 Å². The van der Waals surface area contributed by atoms with E-state index in [0.717, 1.165) is 5.69 Å². The monoisotopic (exact) mass is 237 g/mol. The summed E-state index contributed by atoms with van der Waals surface area (Å²) in [6, 6.07) is -0.296. The lowest BCUT2D eigenvalue weighted by molar-refractivity contribution is -0.148. The Kier molecular flexibility index (Phi) is 2.97. The molecule has 92 valence electrons. The van der Waals surface area contributed by atoms with Crippen molar-refractivity contribution in [3.63, 3.8) is 0 Å². The summed E-state index contributed by atoms with van der Waals surface area (Å²) in [6.07, 6.45) is 3.17. The number of ether oxygens (including phenoxy) is 1. The lowest BCUT2D eigenvalue weighted by Gasteiger charge is -2.26. The number of aromatic nitrogens is 2. The number of nitrogens with one attached hydrogen (secondary N) is 1. The molecular formula is C11H15N3O3. The molecule has 0 bridgehead atoms. The van der Waals surface area contributed by atoms with Gasteiger partial charge in [0.15, 0.2) is 0 Å². The number of rotatable bonds is 3. The van der Waals surface area contributed by atoms with E-state index in [2.05, 4.69) is 15.3 Å². The zero-order valence-corrected chi connectivity index (χ0v) is 9.80. The van der Waals surface area contributed by atoms with Crippen LogP contribution >= 0.6 is 0 Å². The van der Waals surface area contributed by atoms with Crippen LogP contribution in [-0.4, -0.2) is 40.3 Å². The maximum atomic E-state index is 11.3. The van der Waals surface area contributed by atoms with E-state index in [4.69, 9.17) is 4.74 Å². The van der Waals surface area contributed by atoms with Crippen molar-refractivity contribution in [2.24, 2.45) is 5.41 Å². The Morgan fingerprint density at radius 3 is 2.94 bits per heavy atom. The van der Waals surface area contributed by atoms with Crippen LogP contribution in [0.3, 0.4) is 0 Å². The van der Waals surface area contributed by atoms with Gasteiger partial charge in [-0.3, -0.25) is 9.78 Å². The van der Waals surface area contributed by atoms with E-state index < -0.39 is 11.4 Å². The summed E-state index contributed by atoms with van der Waals surface area (Å²) in [7, 11) is 0. The van der Waals surface area contributed by atoms with E-state index in [-0.39, 0.29) is 12.6 Å². The van der Waals surface area contributed by atoms with Crippen LogP contribution in [0.1, 0.15) is 12.6 Å². The molecule has 1 saturated heterocycles. The molecule has 0 spiro atoms. The summed E-state index contributed by atoms with van der Waals surface area (Å²) in [5.74, 6) is -0.260. The number of carbonyl (C=O) groups is 1. The van der Waals surface area contributed by atoms with Crippen LogP contribution in [0.4, 0.5) is 5.82 Å². The van der Waals surface area contributed by atoms with Crippen LogP contribution < -0.4 is 5.32 Å². The van der Waals surface area contributed by atoms with Gasteiger partial charge in [-0.25, -0.2) is 4.98 Å². The number of anilines is 1. The van der Waals surface area contributed by atoms with Crippen molar-refractivity contribution in [3.05, 3.63) is 18.1 Å². The van der Waals surface area contributed by atoms with Gasteiger partial charge in [-0.15, -0.1) is 0 Å². The Morgan fingerprint density at radius 1 is 1.59 bits per heavy atom. The Labute approximate surface area is 99.0 Å². The maximum Gasteiger partial charge on any atom is 0.313 e. The standard InChI is InChI=1S/C11H15N3O3/c1-7-9(13-4-3-12-7)14-8-5-17-6-11(8,2)10(15)16/h3-4,8H,5-6H2,1-2H3,(H,13,14)(H,15,16). The molecule has 0 saturated carbocycles. The average molecular weight is 237 g/mol. The third-order valence-corrected chi connectivity index (χ3v) is 3.14. The van der Waals surface area contributed by atoms with E-state index >= 15 is 0 Å². The summed E-state index contributed by atoms with van der Waals surface area (Å²) in [5, 5.41) is 12.3. The Bertz CT molecular complexity index is 438. The van der Waals surface area contributed by atoms with Crippen molar-refractivity contribution in [1.82, 2.24) is 9.97 Å². The highest BCUT2D eigenvalue weighted by Crippen LogP contribution is 2.31. The molecule has 0 amide bonds.